The molecule has 0 radical (unpaired) electrons. The predicted octanol–water partition coefficient (Wildman–Crippen LogP) is 1.05. The molecule has 0 aromatic carbocycles. The molecular formula is C12H20N4O3. The molecule has 0 spiro atoms. The maximum Gasteiger partial charge on any atom is 0.410 e. The second-order valence-corrected chi connectivity index (χ2v) is 5.16. The van der Waals surface area contributed by atoms with Gasteiger partial charge in [0.1, 0.15) is 5.60 Å². The van der Waals surface area contributed by atoms with Crippen LogP contribution in [-0.4, -0.2) is 46.9 Å². The van der Waals surface area contributed by atoms with Crippen LogP contribution in [0.5, 0.6) is 0 Å². The van der Waals surface area contributed by atoms with E-state index in [4.69, 9.17) is 4.74 Å². The van der Waals surface area contributed by atoms with Crippen LogP contribution < -0.4 is 10.9 Å². The molecule has 0 saturated carbocycles. The Bertz CT molecular complexity index is 478. The number of aromatic nitrogens is 2. The summed E-state index contributed by atoms with van der Waals surface area (Å²) in [5.74, 6) is 0. The van der Waals surface area contributed by atoms with Gasteiger partial charge in [-0.25, -0.2) is 9.89 Å². The Morgan fingerprint density at radius 1 is 1.53 bits per heavy atom. The van der Waals surface area contributed by atoms with Crippen molar-refractivity contribution in [2.24, 2.45) is 0 Å². The summed E-state index contributed by atoms with van der Waals surface area (Å²) >= 11 is 0. The molecule has 7 heteroatoms. The number of aromatic amines is 1. The summed E-state index contributed by atoms with van der Waals surface area (Å²) < 4.78 is 5.21. The Morgan fingerprint density at radius 2 is 2.21 bits per heavy atom. The van der Waals surface area contributed by atoms with Crippen molar-refractivity contribution in [3.05, 3.63) is 22.6 Å². The minimum Gasteiger partial charge on any atom is -0.444 e. The molecule has 0 unspecified atom stereocenters. The van der Waals surface area contributed by atoms with Gasteiger partial charge in [-0.2, -0.15) is 5.10 Å². The molecule has 0 aliphatic heterocycles. The first-order chi connectivity index (χ1) is 8.78. The van der Waals surface area contributed by atoms with Crippen LogP contribution in [0.4, 0.5) is 10.5 Å². The van der Waals surface area contributed by atoms with E-state index in [0.29, 0.717) is 18.8 Å². The van der Waals surface area contributed by atoms with E-state index >= 15 is 0 Å². The fourth-order valence-corrected chi connectivity index (χ4v) is 1.27. The van der Waals surface area contributed by atoms with Crippen molar-refractivity contribution in [2.45, 2.75) is 26.4 Å². The SMILES string of the molecule is CN(CCNc1cn[nH]c(=O)c1)C(=O)OC(C)(C)C. The average molecular weight is 268 g/mol. The highest BCUT2D eigenvalue weighted by molar-refractivity contribution is 5.67. The lowest BCUT2D eigenvalue weighted by Gasteiger charge is -2.24. The summed E-state index contributed by atoms with van der Waals surface area (Å²) in [6, 6.07) is 1.40. The number of likely N-dealkylation sites (N-methyl/N-ethyl adjacent to an activating group) is 1. The third-order valence-electron chi connectivity index (χ3n) is 2.15. The number of rotatable bonds is 4. The summed E-state index contributed by atoms with van der Waals surface area (Å²) in [4.78, 5) is 24.1. The number of H-pyrrole nitrogens is 1. The molecule has 0 aliphatic rings. The summed E-state index contributed by atoms with van der Waals surface area (Å²) in [5.41, 5.74) is -0.165. The van der Waals surface area contributed by atoms with Gasteiger partial charge in [0, 0.05) is 26.2 Å². The number of ether oxygens (including phenoxy) is 1. The summed E-state index contributed by atoms with van der Waals surface area (Å²) in [7, 11) is 1.66. The predicted molar refractivity (Wildman–Crippen MR) is 72.2 cm³/mol. The molecular weight excluding hydrogens is 248 g/mol. The van der Waals surface area contributed by atoms with Gasteiger partial charge in [0.05, 0.1) is 11.9 Å². The van der Waals surface area contributed by atoms with Crippen molar-refractivity contribution < 1.29 is 9.53 Å². The van der Waals surface area contributed by atoms with Gasteiger partial charge >= 0.3 is 6.09 Å². The minimum absolute atomic E-state index is 0.273. The molecule has 1 rings (SSSR count). The van der Waals surface area contributed by atoms with Crippen molar-refractivity contribution in [2.75, 3.05) is 25.5 Å². The van der Waals surface area contributed by atoms with Crippen LogP contribution in [0, 0.1) is 0 Å². The van der Waals surface area contributed by atoms with Gasteiger partial charge in [-0.3, -0.25) is 4.79 Å². The topological polar surface area (TPSA) is 87.3 Å². The van der Waals surface area contributed by atoms with Crippen molar-refractivity contribution in [3.8, 4) is 0 Å². The minimum atomic E-state index is -0.505. The lowest BCUT2D eigenvalue weighted by atomic mass is 10.2. The molecule has 1 heterocycles. The van der Waals surface area contributed by atoms with Crippen molar-refractivity contribution in [1.82, 2.24) is 15.1 Å². The van der Waals surface area contributed by atoms with Crippen LogP contribution in [0.3, 0.4) is 0 Å². The first kappa shape index (κ1) is 15.0. The van der Waals surface area contributed by atoms with Gasteiger partial charge < -0.3 is 15.0 Å². The van der Waals surface area contributed by atoms with Gasteiger partial charge in [0.25, 0.3) is 5.56 Å². The highest BCUT2D eigenvalue weighted by atomic mass is 16.6. The van der Waals surface area contributed by atoms with Crippen molar-refractivity contribution >= 4 is 11.8 Å². The number of amides is 1. The highest BCUT2D eigenvalue weighted by Crippen LogP contribution is 2.08. The van der Waals surface area contributed by atoms with Gasteiger partial charge in [-0.15, -0.1) is 0 Å². The summed E-state index contributed by atoms with van der Waals surface area (Å²) in [6.07, 6.45) is 1.13. The molecule has 0 bridgehead atoms. The van der Waals surface area contributed by atoms with E-state index in [2.05, 4.69) is 15.5 Å². The van der Waals surface area contributed by atoms with E-state index in [1.165, 1.54) is 17.2 Å². The smallest absolute Gasteiger partial charge is 0.410 e. The third-order valence-corrected chi connectivity index (χ3v) is 2.15. The molecule has 1 amide bonds. The van der Waals surface area contributed by atoms with Crippen LogP contribution in [0.1, 0.15) is 20.8 Å². The van der Waals surface area contributed by atoms with Crippen LogP contribution in [-0.2, 0) is 4.74 Å². The molecule has 0 saturated heterocycles. The second kappa shape index (κ2) is 6.21. The maximum atomic E-state index is 11.7. The molecule has 19 heavy (non-hydrogen) atoms. The van der Waals surface area contributed by atoms with E-state index in [-0.39, 0.29) is 11.7 Å². The van der Waals surface area contributed by atoms with Crippen LogP contribution >= 0.6 is 0 Å². The maximum absolute atomic E-state index is 11.7. The highest BCUT2D eigenvalue weighted by Gasteiger charge is 2.18. The van der Waals surface area contributed by atoms with E-state index in [0.717, 1.165) is 0 Å². The Balaban J connectivity index is 2.37. The molecule has 1 aromatic rings. The van der Waals surface area contributed by atoms with Crippen LogP contribution in [0.2, 0.25) is 0 Å². The molecule has 2 N–H and O–H groups in total. The average Bonchev–Trinajstić information content (AvgIpc) is 2.26. The Labute approximate surface area is 112 Å². The van der Waals surface area contributed by atoms with Crippen LogP contribution in [0.15, 0.2) is 17.1 Å². The molecule has 0 aliphatic carbocycles. The number of anilines is 1. The first-order valence-corrected chi connectivity index (χ1v) is 6.00. The van der Waals surface area contributed by atoms with Crippen molar-refractivity contribution in [3.63, 3.8) is 0 Å². The fourth-order valence-electron chi connectivity index (χ4n) is 1.27. The van der Waals surface area contributed by atoms with Crippen LogP contribution in [0.25, 0.3) is 0 Å². The van der Waals surface area contributed by atoms with Gasteiger partial charge in [-0.1, -0.05) is 0 Å². The fraction of sp³-hybridized carbons (Fsp3) is 0.583. The van der Waals surface area contributed by atoms with E-state index in [9.17, 15) is 9.59 Å². The van der Waals surface area contributed by atoms with E-state index in [1.807, 2.05) is 20.8 Å². The van der Waals surface area contributed by atoms with E-state index < -0.39 is 5.60 Å². The monoisotopic (exact) mass is 268 g/mol. The Hall–Kier alpha value is -2.05. The zero-order valence-electron chi connectivity index (χ0n) is 11.7. The summed E-state index contributed by atoms with van der Waals surface area (Å²) in [5, 5.41) is 8.95. The number of nitrogens with one attached hydrogen (secondary N) is 2. The normalized spacial score (nSPS) is 10.9. The van der Waals surface area contributed by atoms with Gasteiger partial charge in [-0.05, 0) is 20.8 Å². The second-order valence-electron chi connectivity index (χ2n) is 5.16. The summed E-state index contributed by atoms with van der Waals surface area (Å²) in [6.45, 7) is 6.42. The molecule has 1 aromatic heterocycles. The van der Waals surface area contributed by atoms with Gasteiger partial charge in [0.15, 0.2) is 0 Å². The first-order valence-electron chi connectivity index (χ1n) is 6.00. The van der Waals surface area contributed by atoms with Crippen molar-refractivity contribution in [1.29, 1.82) is 0 Å². The number of carbonyl (C=O) groups excluding carboxylic acids is 1. The zero-order valence-corrected chi connectivity index (χ0v) is 11.7. The number of hydrogen-bond acceptors (Lipinski definition) is 5. The quantitative estimate of drug-likeness (QED) is 0.852. The standard InChI is InChI=1S/C12H20N4O3/c1-12(2,3)19-11(18)16(4)6-5-13-9-7-10(17)15-14-8-9/h7-8H,5-6H2,1-4H3,(H2,13,15,17). The molecule has 106 valence electrons. The molecule has 7 nitrogen and oxygen atoms in total. The van der Waals surface area contributed by atoms with Gasteiger partial charge in [0.2, 0.25) is 0 Å². The Kier molecular flexibility index (Phi) is 4.91. The molecule has 0 atom stereocenters. The number of hydrogen-bond donors (Lipinski definition) is 2. The lowest BCUT2D eigenvalue weighted by Crippen LogP contribution is -2.36. The molecule has 0 fully saturated rings. The number of carbonyl (C=O) groups is 1. The largest absolute Gasteiger partial charge is 0.444 e. The third kappa shape index (κ3) is 5.89. The number of nitrogens with zero attached hydrogens (tertiary/aromatic N) is 2. The lowest BCUT2D eigenvalue weighted by molar-refractivity contribution is 0.0305. The van der Waals surface area contributed by atoms with E-state index in [1.54, 1.807) is 7.05 Å². The zero-order chi connectivity index (χ0) is 14.5. The Morgan fingerprint density at radius 3 is 2.79 bits per heavy atom.